The third-order valence-corrected chi connectivity index (χ3v) is 5.36. The number of hydrogen-bond donors (Lipinski definition) is 1. The van der Waals surface area contributed by atoms with Crippen LogP contribution in [-0.2, 0) is 9.47 Å². The van der Waals surface area contributed by atoms with E-state index in [1.54, 1.807) is 0 Å². The van der Waals surface area contributed by atoms with E-state index in [-0.39, 0.29) is 5.79 Å². The number of likely N-dealkylation sites (tertiary alicyclic amines) is 1. The van der Waals surface area contributed by atoms with Crippen molar-refractivity contribution in [2.45, 2.75) is 63.3 Å². The predicted octanol–water partition coefficient (Wildman–Crippen LogP) is 1.73. The van der Waals surface area contributed by atoms with Gasteiger partial charge in [0.2, 0.25) is 0 Å². The summed E-state index contributed by atoms with van der Waals surface area (Å²) in [6.07, 6.45) is 7.14. The Bertz CT molecular complexity index is 285. The maximum absolute atomic E-state index is 6.02. The van der Waals surface area contributed by atoms with E-state index in [9.17, 15) is 0 Å². The molecular weight excluding hydrogens is 240 g/mol. The maximum Gasteiger partial charge on any atom is 0.168 e. The minimum Gasteiger partial charge on any atom is -0.348 e. The molecule has 4 heteroatoms. The summed E-state index contributed by atoms with van der Waals surface area (Å²) in [6, 6.07) is 1.10. The zero-order valence-corrected chi connectivity index (χ0v) is 12.1. The largest absolute Gasteiger partial charge is 0.348 e. The second-order valence-corrected chi connectivity index (χ2v) is 6.57. The summed E-state index contributed by atoms with van der Waals surface area (Å²) in [6.45, 7) is 6.17. The highest BCUT2D eigenvalue weighted by Gasteiger charge is 2.41. The molecular formula is C15H28N2O2. The smallest absolute Gasteiger partial charge is 0.168 e. The Balaban J connectivity index is 1.47. The van der Waals surface area contributed by atoms with Gasteiger partial charge >= 0.3 is 0 Å². The summed E-state index contributed by atoms with van der Waals surface area (Å²) in [5, 5.41) is 0. The molecule has 0 aromatic carbocycles. The quantitative estimate of drug-likeness (QED) is 0.828. The van der Waals surface area contributed by atoms with Crippen LogP contribution in [0.3, 0.4) is 0 Å². The van der Waals surface area contributed by atoms with Gasteiger partial charge in [0.1, 0.15) is 0 Å². The van der Waals surface area contributed by atoms with Gasteiger partial charge in [-0.1, -0.05) is 0 Å². The third kappa shape index (κ3) is 2.97. The predicted molar refractivity (Wildman–Crippen MR) is 74.8 cm³/mol. The minimum atomic E-state index is -0.208. The molecule has 3 aliphatic rings. The second kappa shape index (κ2) is 5.68. The molecule has 2 N–H and O–H groups in total. The van der Waals surface area contributed by atoms with Gasteiger partial charge in [-0.15, -0.1) is 0 Å². The number of ether oxygens (including phenoxy) is 2. The van der Waals surface area contributed by atoms with Crippen molar-refractivity contribution in [3.05, 3.63) is 0 Å². The van der Waals surface area contributed by atoms with E-state index in [1.165, 1.54) is 38.8 Å². The van der Waals surface area contributed by atoms with E-state index >= 15 is 0 Å². The highest BCUT2D eigenvalue weighted by atomic mass is 16.7. The van der Waals surface area contributed by atoms with Crippen molar-refractivity contribution in [3.63, 3.8) is 0 Å². The first-order valence-electron chi connectivity index (χ1n) is 7.96. The van der Waals surface area contributed by atoms with Gasteiger partial charge in [0.15, 0.2) is 5.79 Å². The first kappa shape index (κ1) is 13.8. The van der Waals surface area contributed by atoms with Crippen molar-refractivity contribution in [3.8, 4) is 0 Å². The molecule has 0 aromatic rings. The van der Waals surface area contributed by atoms with Crippen molar-refractivity contribution >= 4 is 0 Å². The molecule has 1 saturated carbocycles. The van der Waals surface area contributed by atoms with Gasteiger partial charge in [-0.2, -0.15) is 0 Å². The van der Waals surface area contributed by atoms with Crippen LogP contribution in [0.1, 0.15) is 45.4 Å². The Morgan fingerprint density at radius 2 is 1.63 bits per heavy atom. The summed E-state index contributed by atoms with van der Waals surface area (Å²) in [4.78, 5) is 2.68. The Morgan fingerprint density at radius 1 is 1.05 bits per heavy atom. The van der Waals surface area contributed by atoms with Gasteiger partial charge in [0, 0.05) is 24.9 Å². The van der Waals surface area contributed by atoms with E-state index in [1.807, 2.05) is 0 Å². The van der Waals surface area contributed by atoms with Gasteiger partial charge in [-0.05, 0) is 51.6 Å². The van der Waals surface area contributed by atoms with Crippen molar-refractivity contribution in [1.82, 2.24) is 4.90 Å². The molecule has 0 radical (unpaired) electrons. The fourth-order valence-electron chi connectivity index (χ4n) is 4.00. The molecule has 0 bridgehead atoms. The average molecular weight is 268 g/mol. The Kier molecular flexibility index (Phi) is 4.13. The first-order chi connectivity index (χ1) is 9.19. The molecule has 0 amide bonds. The molecule has 1 unspecified atom stereocenters. The molecule has 1 aliphatic carbocycles. The van der Waals surface area contributed by atoms with Crippen LogP contribution in [-0.4, -0.2) is 49.1 Å². The van der Waals surface area contributed by atoms with Crippen LogP contribution in [0.25, 0.3) is 0 Å². The fraction of sp³-hybridized carbons (Fsp3) is 1.00. The van der Waals surface area contributed by atoms with Crippen LogP contribution in [0.5, 0.6) is 0 Å². The second-order valence-electron chi connectivity index (χ2n) is 6.57. The zero-order chi connectivity index (χ0) is 13.3. The molecule has 3 rings (SSSR count). The van der Waals surface area contributed by atoms with Crippen molar-refractivity contribution in [2.75, 3.05) is 26.3 Å². The number of rotatable bonds is 2. The average Bonchev–Trinajstić information content (AvgIpc) is 2.88. The summed E-state index contributed by atoms with van der Waals surface area (Å²) < 4.78 is 11.6. The lowest BCUT2D eigenvalue weighted by atomic mass is 9.85. The first-order valence-corrected chi connectivity index (χ1v) is 7.96. The number of nitrogens with zero attached hydrogens (tertiary/aromatic N) is 1. The monoisotopic (exact) mass is 268 g/mol. The Hall–Kier alpha value is -0.160. The van der Waals surface area contributed by atoms with Gasteiger partial charge in [-0.25, -0.2) is 0 Å². The number of hydrogen-bond acceptors (Lipinski definition) is 4. The van der Waals surface area contributed by atoms with Gasteiger partial charge in [-0.3, -0.25) is 0 Å². The van der Waals surface area contributed by atoms with Crippen molar-refractivity contribution in [1.29, 1.82) is 0 Å². The molecule has 0 aromatic heterocycles. The zero-order valence-electron chi connectivity index (χ0n) is 12.1. The molecule has 1 atom stereocenters. The normalized spacial score (nSPS) is 31.9. The maximum atomic E-state index is 6.02. The van der Waals surface area contributed by atoms with E-state index in [0.29, 0.717) is 6.04 Å². The van der Waals surface area contributed by atoms with Crippen LogP contribution < -0.4 is 5.73 Å². The summed E-state index contributed by atoms with van der Waals surface area (Å²) in [5.74, 6) is 0.522. The molecule has 2 saturated heterocycles. The van der Waals surface area contributed by atoms with Crippen LogP contribution in [0.15, 0.2) is 0 Å². The van der Waals surface area contributed by atoms with Gasteiger partial charge in [0.25, 0.3) is 0 Å². The van der Waals surface area contributed by atoms with E-state index < -0.39 is 0 Å². The molecule has 4 nitrogen and oxygen atoms in total. The molecule has 110 valence electrons. The highest BCUT2D eigenvalue weighted by molar-refractivity contribution is 4.89. The number of piperidine rings is 1. The standard InChI is InChI=1S/C15H28N2O2/c1-12(16)13-4-8-17(9-5-13)14-2-6-15(7-3-14)18-10-11-19-15/h12-14H,2-11,16H2,1H3. The van der Waals surface area contributed by atoms with E-state index in [4.69, 9.17) is 15.2 Å². The van der Waals surface area contributed by atoms with Crippen LogP contribution in [0, 0.1) is 5.92 Å². The lowest BCUT2D eigenvalue weighted by molar-refractivity contribution is -0.184. The topological polar surface area (TPSA) is 47.7 Å². The fourth-order valence-corrected chi connectivity index (χ4v) is 4.00. The van der Waals surface area contributed by atoms with Crippen molar-refractivity contribution in [2.24, 2.45) is 11.7 Å². The summed E-state index contributed by atoms with van der Waals surface area (Å²) >= 11 is 0. The van der Waals surface area contributed by atoms with E-state index in [2.05, 4.69) is 11.8 Å². The molecule has 1 spiro atoms. The Labute approximate surface area is 116 Å². The summed E-state index contributed by atoms with van der Waals surface area (Å²) in [7, 11) is 0. The van der Waals surface area contributed by atoms with Crippen molar-refractivity contribution < 1.29 is 9.47 Å². The van der Waals surface area contributed by atoms with E-state index in [0.717, 1.165) is 38.0 Å². The Morgan fingerprint density at radius 3 is 2.16 bits per heavy atom. The van der Waals surface area contributed by atoms with Crippen LogP contribution in [0.2, 0.25) is 0 Å². The van der Waals surface area contributed by atoms with Crippen LogP contribution >= 0.6 is 0 Å². The third-order valence-electron chi connectivity index (χ3n) is 5.36. The lowest BCUT2D eigenvalue weighted by Gasteiger charge is -2.43. The number of nitrogens with two attached hydrogens (primary N) is 1. The SMILES string of the molecule is CC(N)C1CCN(C2CCC3(CC2)OCCO3)CC1. The highest BCUT2D eigenvalue weighted by Crippen LogP contribution is 2.38. The lowest BCUT2D eigenvalue weighted by Crippen LogP contribution is -2.48. The van der Waals surface area contributed by atoms with Gasteiger partial charge in [0.05, 0.1) is 13.2 Å². The minimum absolute atomic E-state index is 0.208. The summed E-state index contributed by atoms with van der Waals surface area (Å²) in [5.41, 5.74) is 6.02. The molecule has 2 aliphatic heterocycles. The molecule has 2 heterocycles. The van der Waals surface area contributed by atoms with Gasteiger partial charge < -0.3 is 20.1 Å². The molecule has 3 fully saturated rings. The molecule has 19 heavy (non-hydrogen) atoms. The van der Waals surface area contributed by atoms with Crippen LogP contribution in [0.4, 0.5) is 0 Å².